The highest BCUT2D eigenvalue weighted by molar-refractivity contribution is 7.72. The molecule has 0 unspecified atom stereocenters. The normalized spacial score (nSPS) is 11.2. The van der Waals surface area contributed by atoms with Crippen molar-refractivity contribution in [3.05, 3.63) is 63.4 Å². The molecule has 2 aromatic heterocycles. The van der Waals surface area contributed by atoms with E-state index in [0.717, 1.165) is 12.1 Å². The predicted octanol–water partition coefficient (Wildman–Crippen LogP) is 2.73. The molecule has 21 heavy (non-hydrogen) atoms. The van der Waals surface area contributed by atoms with Gasteiger partial charge in [0.25, 0.3) is 0 Å². The summed E-state index contributed by atoms with van der Waals surface area (Å²) in [5.74, 6) is 0. The van der Waals surface area contributed by atoms with E-state index in [1.807, 2.05) is 29.1 Å². The van der Waals surface area contributed by atoms with Crippen LogP contribution in [0.3, 0.4) is 0 Å². The lowest BCUT2D eigenvalue weighted by Gasteiger charge is -2.00. The highest BCUT2D eigenvalue weighted by Gasteiger charge is 1.98. The van der Waals surface area contributed by atoms with E-state index in [1.165, 1.54) is 10.2 Å². The standard InChI is InChI=1S/C13H12N6S2/c20-12-16-17-13(21)19(12)15-7-11-6-14-18(9-11)8-10-4-2-1-3-5-10/h1-7,9H,8H2,(H,16,20)(H,17,21)/b15-7-. The number of nitrogens with one attached hydrogen (secondary N) is 2. The molecule has 0 amide bonds. The van der Waals surface area contributed by atoms with Crippen molar-refractivity contribution in [2.24, 2.45) is 5.10 Å². The fraction of sp³-hybridized carbons (Fsp3) is 0.0769. The number of hydrogen-bond donors (Lipinski definition) is 2. The number of benzene rings is 1. The van der Waals surface area contributed by atoms with Gasteiger partial charge in [0.2, 0.25) is 9.54 Å². The summed E-state index contributed by atoms with van der Waals surface area (Å²) in [5, 5.41) is 14.0. The Morgan fingerprint density at radius 2 is 1.86 bits per heavy atom. The quantitative estimate of drug-likeness (QED) is 0.574. The van der Waals surface area contributed by atoms with Gasteiger partial charge in [0.1, 0.15) is 0 Å². The van der Waals surface area contributed by atoms with Gasteiger partial charge in [-0.25, -0.2) is 0 Å². The lowest BCUT2D eigenvalue weighted by molar-refractivity contribution is 0.687. The lowest BCUT2D eigenvalue weighted by atomic mass is 10.2. The van der Waals surface area contributed by atoms with E-state index >= 15 is 0 Å². The molecule has 1 aromatic carbocycles. The molecule has 0 bridgehead atoms. The summed E-state index contributed by atoms with van der Waals surface area (Å²) in [6.07, 6.45) is 5.33. The smallest absolute Gasteiger partial charge is 0.215 e. The molecule has 0 saturated heterocycles. The van der Waals surface area contributed by atoms with Crippen LogP contribution in [0.5, 0.6) is 0 Å². The minimum absolute atomic E-state index is 0.424. The maximum Gasteiger partial charge on any atom is 0.215 e. The van der Waals surface area contributed by atoms with Crippen molar-refractivity contribution in [1.82, 2.24) is 24.7 Å². The van der Waals surface area contributed by atoms with Crippen LogP contribution in [0, 0.1) is 9.54 Å². The van der Waals surface area contributed by atoms with E-state index in [4.69, 9.17) is 24.4 Å². The first-order valence-corrected chi connectivity index (χ1v) is 7.04. The average Bonchev–Trinajstić information content (AvgIpc) is 3.06. The van der Waals surface area contributed by atoms with Gasteiger partial charge in [0, 0.05) is 11.8 Å². The molecule has 0 radical (unpaired) electrons. The molecule has 3 rings (SSSR count). The van der Waals surface area contributed by atoms with Crippen LogP contribution in [0.1, 0.15) is 11.1 Å². The summed E-state index contributed by atoms with van der Waals surface area (Å²) >= 11 is 10.1. The van der Waals surface area contributed by atoms with Crippen molar-refractivity contribution in [3.8, 4) is 0 Å². The number of H-pyrrole nitrogens is 2. The molecule has 106 valence electrons. The van der Waals surface area contributed by atoms with Gasteiger partial charge < -0.3 is 0 Å². The Labute approximate surface area is 130 Å². The third-order valence-electron chi connectivity index (χ3n) is 2.82. The zero-order valence-corrected chi connectivity index (χ0v) is 12.6. The van der Waals surface area contributed by atoms with Gasteiger partial charge in [-0.3, -0.25) is 14.9 Å². The first-order valence-electron chi connectivity index (χ1n) is 6.23. The second kappa shape index (κ2) is 5.98. The van der Waals surface area contributed by atoms with Gasteiger partial charge in [0.05, 0.1) is 19.0 Å². The Balaban J connectivity index is 1.77. The second-order valence-electron chi connectivity index (χ2n) is 4.37. The van der Waals surface area contributed by atoms with Gasteiger partial charge in [-0.05, 0) is 30.0 Å². The van der Waals surface area contributed by atoms with Crippen LogP contribution < -0.4 is 0 Å². The van der Waals surface area contributed by atoms with E-state index in [2.05, 4.69) is 32.5 Å². The Kier molecular flexibility index (Phi) is 3.89. The molecule has 0 atom stereocenters. The van der Waals surface area contributed by atoms with Crippen molar-refractivity contribution in [2.45, 2.75) is 6.54 Å². The van der Waals surface area contributed by atoms with Gasteiger partial charge in [-0.1, -0.05) is 30.3 Å². The predicted molar refractivity (Wildman–Crippen MR) is 85.6 cm³/mol. The number of aromatic amines is 2. The van der Waals surface area contributed by atoms with Gasteiger partial charge in [-0.2, -0.15) is 14.9 Å². The zero-order chi connectivity index (χ0) is 14.7. The Morgan fingerprint density at radius 1 is 1.14 bits per heavy atom. The molecule has 2 heterocycles. The van der Waals surface area contributed by atoms with Crippen molar-refractivity contribution in [3.63, 3.8) is 0 Å². The highest BCUT2D eigenvalue weighted by atomic mass is 32.1. The van der Waals surface area contributed by atoms with E-state index in [9.17, 15) is 0 Å². The largest absolute Gasteiger partial charge is 0.273 e. The van der Waals surface area contributed by atoms with Crippen LogP contribution in [-0.4, -0.2) is 30.9 Å². The minimum atomic E-state index is 0.424. The van der Waals surface area contributed by atoms with E-state index in [1.54, 1.807) is 12.4 Å². The molecule has 0 aliphatic carbocycles. The first-order chi connectivity index (χ1) is 10.2. The monoisotopic (exact) mass is 316 g/mol. The van der Waals surface area contributed by atoms with E-state index in [-0.39, 0.29) is 0 Å². The Hall–Kier alpha value is -2.32. The number of hydrogen-bond acceptors (Lipinski definition) is 4. The molecule has 8 heteroatoms. The van der Waals surface area contributed by atoms with Gasteiger partial charge in [0.15, 0.2) is 0 Å². The van der Waals surface area contributed by atoms with Crippen molar-refractivity contribution < 1.29 is 0 Å². The summed E-state index contributed by atoms with van der Waals surface area (Å²) in [6.45, 7) is 0.721. The first kappa shape index (κ1) is 13.7. The Bertz CT molecular complexity index is 840. The van der Waals surface area contributed by atoms with Crippen LogP contribution >= 0.6 is 24.4 Å². The van der Waals surface area contributed by atoms with Crippen LogP contribution in [0.2, 0.25) is 0 Å². The molecular weight excluding hydrogens is 304 g/mol. The third-order valence-corrected chi connectivity index (χ3v) is 3.37. The molecule has 0 aliphatic rings. The van der Waals surface area contributed by atoms with Crippen molar-refractivity contribution >= 4 is 30.7 Å². The van der Waals surface area contributed by atoms with Crippen LogP contribution in [0.15, 0.2) is 47.8 Å². The maximum absolute atomic E-state index is 5.06. The van der Waals surface area contributed by atoms with Gasteiger partial charge in [-0.15, -0.1) is 0 Å². The number of aromatic nitrogens is 5. The number of rotatable bonds is 4. The fourth-order valence-electron chi connectivity index (χ4n) is 1.84. The van der Waals surface area contributed by atoms with Crippen molar-refractivity contribution in [2.75, 3.05) is 0 Å². The average molecular weight is 316 g/mol. The molecule has 2 N–H and O–H groups in total. The SMILES string of the molecule is S=c1[nH][nH]c(=S)n1/N=C\c1cnn(Cc2ccccc2)c1. The fourth-order valence-corrected chi connectivity index (χ4v) is 2.27. The zero-order valence-electron chi connectivity index (χ0n) is 10.9. The van der Waals surface area contributed by atoms with Crippen LogP contribution in [0.4, 0.5) is 0 Å². The highest BCUT2D eigenvalue weighted by Crippen LogP contribution is 2.03. The van der Waals surface area contributed by atoms with Crippen LogP contribution in [0.25, 0.3) is 0 Å². The lowest BCUT2D eigenvalue weighted by Crippen LogP contribution is -1.99. The number of nitrogens with zero attached hydrogens (tertiary/aromatic N) is 4. The molecule has 0 aliphatic heterocycles. The maximum atomic E-state index is 5.06. The van der Waals surface area contributed by atoms with E-state index in [0.29, 0.717) is 9.54 Å². The minimum Gasteiger partial charge on any atom is -0.273 e. The van der Waals surface area contributed by atoms with Crippen LogP contribution in [-0.2, 0) is 6.54 Å². The Morgan fingerprint density at radius 3 is 2.57 bits per heavy atom. The summed E-state index contributed by atoms with van der Waals surface area (Å²) < 4.78 is 4.15. The molecular formula is C13H12N6S2. The van der Waals surface area contributed by atoms with Gasteiger partial charge >= 0.3 is 0 Å². The summed E-state index contributed by atoms with van der Waals surface area (Å²) in [7, 11) is 0. The van der Waals surface area contributed by atoms with Crippen molar-refractivity contribution in [1.29, 1.82) is 0 Å². The second-order valence-corrected chi connectivity index (χ2v) is 5.15. The molecule has 6 nitrogen and oxygen atoms in total. The summed E-state index contributed by atoms with van der Waals surface area (Å²) in [5.41, 5.74) is 2.07. The molecule has 0 spiro atoms. The summed E-state index contributed by atoms with van der Waals surface area (Å²) in [4.78, 5) is 0. The molecule has 3 aromatic rings. The molecule has 0 saturated carbocycles. The summed E-state index contributed by atoms with van der Waals surface area (Å²) in [6, 6.07) is 10.1. The molecule has 0 fully saturated rings. The topological polar surface area (TPSA) is 66.7 Å². The third kappa shape index (κ3) is 3.23. The van der Waals surface area contributed by atoms with E-state index < -0.39 is 0 Å².